The summed E-state index contributed by atoms with van der Waals surface area (Å²) in [6.45, 7) is 0. The lowest BCUT2D eigenvalue weighted by molar-refractivity contribution is -0.384. The van der Waals surface area contributed by atoms with Crippen molar-refractivity contribution in [3.8, 4) is 44.9 Å². The van der Waals surface area contributed by atoms with Gasteiger partial charge in [0.25, 0.3) is 15.7 Å². The van der Waals surface area contributed by atoms with Gasteiger partial charge in [0.15, 0.2) is 0 Å². The topological polar surface area (TPSA) is 125 Å². The molecule has 0 unspecified atom stereocenters. The van der Waals surface area contributed by atoms with E-state index in [2.05, 4.69) is 16.6 Å². The zero-order valence-electron chi connectivity index (χ0n) is 29.8. The molecule has 0 saturated heterocycles. The minimum atomic E-state index is -5.00. The number of nitro benzene ring substituents is 1. The lowest BCUT2D eigenvalue weighted by atomic mass is 9.83. The second kappa shape index (κ2) is 13.1. The molecule has 9 aromatic rings. The Labute approximate surface area is 326 Å². The van der Waals surface area contributed by atoms with Crippen molar-refractivity contribution in [1.82, 2.24) is 4.49 Å². The summed E-state index contributed by atoms with van der Waals surface area (Å²) in [5.41, 5.74) is 4.03. The van der Waals surface area contributed by atoms with Crippen molar-refractivity contribution in [2.75, 3.05) is 0 Å². The summed E-state index contributed by atoms with van der Waals surface area (Å²) in [6.07, 6.45) is 0. The Kier molecular flexibility index (Phi) is 7.98. The van der Waals surface area contributed by atoms with E-state index in [-0.39, 0.29) is 22.1 Å². The number of hydrogen-bond acceptors (Lipinski definition) is 7. The zero-order valence-corrected chi connectivity index (χ0v) is 31.5. The first-order valence-electron chi connectivity index (χ1n) is 18.0. The van der Waals surface area contributed by atoms with Crippen LogP contribution in [0.5, 0.6) is 11.5 Å². The van der Waals surface area contributed by atoms with Crippen LogP contribution in [0.1, 0.15) is 0 Å². The van der Waals surface area contributed by atoms with Crippen LogP contribution in [-0.2, 0) is 14.6 Å². The van der Waals surface area contributed by atoms with E-state index in [1.807, 2.05) is 133 Å². The Morgan fingerprint density at radius 3 is 1.40 bits per heavy atom. The summed E-state index contributed by atoms with van der Waals surface area (Å²) in [5.74, 6) is 0.349. The Hall–Kier alpha value is -6.84. The van der Waals surface area contributed by atoms with E-state index in [0.29, 0.717) is 21.9 Å². The minimum absolute atomic E-state index is 0.174. The van der Waals surface area contributed by atoms with Gasteiger partial charge in [0.2, 0.25) is 0 Å². The van der Waals surface area contributed by atoms with Gasteiger partial charge in [0, 0.05) is 34.0 Å². The lowest BCUT2D eigenvalue weighted by Crippen LogP contribution is -2.25. The molecule has 0 saturated carbocycles. The van der Waals surface area contributed by atoms with Crippen LogP contribution in [-0.4, -0.2) is 13.3 Å². The second-order valence-electron chi connectivity index (χ2n) is 13.8. The van der Waals surface area contributed by atoms with Crippen molar-refractivity contribution >= 4 is 66.5 Å². The highest BCUT2D eigenvalue weighted by molar-refractivity contribution is 7.94. The van der Waals surface area contributed by atoms with E-state index in [9.17, 15) is 18.5 Å². The number of sulfonamides is 1. The number of rotatable bonds is 6. The summed E-state index contributed by atoms with van der Waals surface area (Å²) >= 11 is 0. The molecule has 1 aliphatic rings. The third kappa shape index (κ3) is 5.81. The number of benzene rings is 9. The van der Waals surface area contributed by atoms with E-state index < -0.39 is 22.7 Å². The molecule has 9 aromatic carbocycles. The fourth-order valence-electron chi connectivity index (χ4n) is 7.89. The molecule has 57 heavy (non-hydrogen) atoms. The molecule has 10 rings (SSSR count). The molecule has 1 heterocycles. The zero-order chi connectivity index (χ0) is 38.9. The number of hydrogen-bond donors (Lipinski definition) is 1. The molecule has 0 aromatic heterocycles. The van der Waals surface area contributed by atoms with Gasteiger partial charge < -0.3 is 9.05 Å². The van der Waals surface area contributed by atoms with Crippen LogP contribution < -0.4 is 13.5 Å². The van der Waals surface area contributed by atoms with Crippen molar-refractivity contribution in [2.24, 2.45) is 0 Å². The first kappa shape index (κ1) is 34.6. The minimum Gasteiger partial charge on any atom is -0.403 e. The highest BCUT2D eigenvalue weighted by atomic mass is 32.2. The van der Waals surface area contributed by atoms with E-state index >= 15 is 4.57 Å². The molecule has 0 aliphatic carbocycles. The van der Waals surface area contributed by atoms with E-state index in [1.165, 1.54) is 0 Å². The predicted molar refractivity (Wildman–Crippen MR) is 225 cm³/mol. The molecule has 0 amide bonds. The van der Waals surface area contributed by atoms with Crippen LogP contribution in [0, 0.1) is 10.1 Å². The molecule has 0 fully saturated rings. The third-order valence-corrected chi connectivity index (χ3v) is 14.0. The number of fused-ring (bicyclic) bond motifs is 11. The first-order valence-corrected chi connectivity index (χ1v) is 21.1. The second-order valence-corrected chi connectivity index (χ2v) is 17.4. The highest BCUT2D eigenvalue weighted by Crippen LogP contribution is 2.63. The van der Waals surface area contributed by atoms with Crippen molar-refractivity contribution in [3.05, 3.63) is 180 Å². The van der Waals surface area contributed by atoms with Gasteiger partial charge >= 0.3 is 7.75 Å². The SMILES string of the molecule is O=[N+]([O-])c1ccc(S(=O)(=O)NP2(=O)Oc3c(c(-c4ccccc4)cc4ccc5ccccc5c34)-c3c(-c4ccccc4)cc4ccc5ccccc5c4c3O2)cc1. The van der Waals surface area contributed by atoms with Gasteiger partial charge in [0.05, 0.1) is 9.82 Å². The maximum Gasteiger partial charge on any atom is 0.526 e. The van der Waals surface area contributed by atoms with Gasteiger partial charge in [-0.05, 0) is 78.8 Å². The van der Waals surface area contributed by atoms with Crippen LogP contribution in [0.15, 0.2) is 175 Å². The molecule has 1 N–H and O–H groups in total. The smallest absolute Gasteiger partial charge is 0.403 e. The third-order valence-electron chi connectivity index (χ3n) is 10.4. The van der Waals surface area contributed by atoms with Gasteiger partial charge in [-0.2, -0.15) is 0 Å². The van der Waals surface area contributed by atoms with Crippen LogP contribution in [0.4, 0.5) is 5.69 Å². The summed E-state index contributed by atoms with van der Waals surface area (Å²) < 4.78 is 60.0. The number of nitrogens with one attached hydrogen (secondary N) is 1. The van der Waals surface area contributed by atoms with Gasteiger partial charge in [-0.1, -0.05) is 138 Å². The monoisotopic (exact) mass is 784 g/mol. The highest BCUT2D eigenvalue weighted by Gasteiger charge is 2.43. The van der Waals surface area contributed by atoms with Gasteiger partial charge in [0.1, 0.15) is 11.5 Å². The summed E-state index contributed by atoms with van der Waals surface area (Å²) in [7, 11) is -9.68. The van der Waals surface area contributed by atoms with E-state index in [4.69, 9.17) is 9.05 Å². The lowest BCUT2D eigenvalue weighted by Gasteiger charge is -2.21. The number of non-ortho nitro benzene ring substituents is 1. The largest absolute Gasteiger partial charge is 0.526 e. The fourth-order valence-corrected chi connectivity index (χ4v) is 11.2. The molecule has 1 aliphatic heterocycles. The maximum absolute atomic E-state index is 15.8. The molecule has 9 nitrogen and oxygen atoms in total. The molecule has 0 bridgehead atoms. The Balaban J connectivity index is 1.39. The molecule has 276 valence electrons. The van der Waals surface area contributed by atoms with Crippen molar-refractivity contribution in [1.29, 1.82) is 0 Å². The Bertz CT molecular complexity index is 3110. The average Bonchev–Trinajstić information content (AvgIpc) is 3.37. The Morgan fingerprint density at radius 1 is 0.526 bits per heavy atom. The van der Waals surface area contributed by atoms with Crippen molar-refractivity contribution in [3.63, 3.8) is 0 Å². The summed E-state index contributed by atoms with van der Waals surface area (Å²) in [4.78, 5) is 10.4. The van der Waals surface area contributed by atoms with Crippen molar-refractivity contribution in [2.45, 2.75) is 4.90 Å². The molecule has 0 atom stereocenters. The molecule has 11 heteroatoms. The maximum atomic E-state index is 15.8. The van der Waals surface area contributed by atoms with Gasteiger partial charge in [-0.25, -0.2) is 13.0 Å². The first-order chi connectivity index (χ1) is 27.7. The number of nitro groups is 1. The normalized spacial score (nSPS) is 13.4. The van der Waals surface area contributed by atoms with Crippen LogP contribution >= 0.6 is 7.75 Å². The van der Waals surface area contributed by atoms with Crippen LogP contribution in [0.2, 0.25) is 0 Å². The molecular weight excluding hydrogens is 756 g/mol. The number of nitrogens with zero attached hydrogens (tertiary/aromatic N) is 1. The van der Waals surface area contributed by atoms with E-state index in [1.54, 1.807) is 0 Å². The Morgan fingerprint density at radius 2 is 0.947 bits per heavy atom. The molecular formula is C46H29N2O7PS. The van der Waals surface area contributed by atoms with Crippen LogP contribution in [0.25, 0.3) is 76.5 Å². The van der Waals surface area contributed by atoms with Gasteiger partial charge in [-0.15, -0.1) is 0 Å². The molecule has 0 spiro atoms. The van der Waals surface area contributed by atoms with Gasteiger partial charge in [-0.3, -0.25) is 10.1 Å². The fraction of sp³-hybridized carbons (Fsp3) is 0. The van der Waals surface area contributed by atoms with Crippen LogP contribution in [0.3, 0.4) is 0 Å². The summed E-state index contributed by atoms with van der Waals surface area (Å²) in [6, 6.07) is 51.5. The van der Waals surface area contributed by atoms with Crippen molar-refractivity contribution < 1.29 is 27.0 Å². The average molecular weight is 785 g/mol. The standard InChI is InChI=1S/C46H29N2O7PS/c49-48(50)35-23-25-36(26-24-35)57(52,53)47-56(51)54-45-41-33(21-19-31-15-7-9-17-37(31)41)27-39(29-11-3-1-4-12-29)43(45)44-40(30-13-5-2-6-14-30)28-34-22-20-32-16-8-10-18-38(32)42(34)46(44)55-56/h1-28H,(H,47,51). The molecule has 0 radical (unpaired) electrons. The summed E-state index contributed by atoms with van der Waals surface area (Å²) in [5, 5.41) is 17.6. The quantitative estimate of drug-likeness (QED) is 0.0770. The predicted octanol–water partition coefficient (Wildman–Crippen LogP) is 12.1. The van der Waals surface area contributed by atoms with E-state index in [0.717, 1.165) is 78.8 Å².